The van der Waals surface area contributed by atoms with Crippen molar-refractivity contribution in [3.63, 3.8) is 0 Å². The smallest absolute Gasteiger partial charge is 0.0831 e. The number of halogens is 4. The van der Waals surface area contributed by atoms with Crippen LogP contribution in [-0.4, -0.2) is 5.11 Å². The molecule has 0 spiro atoms. The van der Waals surface area contributed by atoms with Gasteiger partial charge in [0.2, 0.25) is 0 Å². The Morgan fingerprint density at radius 3 is 2.32 bits per heavy atom. The molecule has 1 atom stereocenters. The van der Waals surface area contributed by atoms with Crippen molar-refractivity contribution < 1.29 is 5.11 Å². The third kappa shape index (κ3) is 3.56. The SMILES string of the molecule is OC(Cc1cccc(Cl)c1Cl)c1ccc(Cl)c(Cl)c1. The van der Waals surface area contributed by atoms with Crippen LogP contribution in [-0.2, 0) is 6.42 Å². The molecular weight excluding hydrogens is 326 g/mol. The molecule has 1 N–H and O–H groups in total. The first-order valence-electron chi connectivity index (χ1n) is 5.55. The third-order valence-electron chi connectivity index (χ3n) is 2.77. The number of aliphatic hydroxyl groups excluding tert-OH is 1. The lowest BCUT2D eigenvalue weighted by molar-refractivity contribution is 0.178. The zero-order valence-corrected chi connectivity index (χ0v) is 12.7. The van der Waals surface area contributed by atoms with Crippen molar-refractivity contribution in [3.8, 4) is 0 Å². The highest BCUT2D eigenvalue weighted by Gasteiger charge is 2.13. The zero-order chi connectivity index (χ0) is 14.0. The molecular formula is C14H10Cl4O. The first-order chi connectivity index (χ1) is 8.99. The topological polar surface area (TPSA) is 20.2 Å². The van der Waals surface area contributed by atoms with Crippen LogP contribution in [0.2, 0.25) is 20.1 Å². The maximum absolute atomic E-state index is 10.2. The minimum Gasteiger partial charge on any atom is -0.388 e. The van der Waals surface area contributed by atoms with Crippen LogP contribution in [0.25, 0.3) is 0 Å². The first kappa shape index (κ1) is 15.0. The van der Waals surface area contributed by atoms with Gasteiger partial charge in [-0.2, -0.15) is 0 Å². The average molecular weight is 336 g/mol. The van der Waals surface area contributed by atoms with E-state index in [0.717, 1.165) is 5.56 Å². The third-order valence-corrected chi connectivity index (χ3v) is 4.37. The van der Waals surface area contributed by atoms with Gasteiger partial charge in [-0.05, 0) is 29.3 Å². The molecule has 2 rings (SSSR count). The van der Waals surface area contributed by atoms with E-state index in [1.54, 1.807) is 30.3 Å². The Kier molecular flexibility index (Phi) is 4.99. The second-order valence-electron chi connectivity index (χ2n) is 4.11. The molecule has 0 fully saturated rings. The molecule has 0 amide bonds. The maximum atomic E-state index is 10.2. The molecule has 0 heterocycles. The van der Waals surface area contributed by atoms with E-state index < -0.39 is 6.10 Å². The van der Waals surface area contributed by atoms with Crippen molar-refractivity contribution in [1.29, 1.82) is 0 Å². The van der Waals surface area contributed by atoms with Gasteiger partial charge in [0.15, 0.2) is 0 Å². The second kappa shape index (κ2) is 6.34. The Balaban J connectivity index is 2.23. The van der Waals surface area contributed by atoms with Crippen molar-refractivity contribution in [2.24, 2.45) is 0 Å². The summed E-state index contributed by atoms with van der Waals surface area (Å²) in [6.07, 6.45) is -0.358. The van der Waals surface area contributed by atoms with Crippen molar-refractivity contribution in [1.82, 2.24) is 0 Å². The van der Waals surface area contributed by atoms with E-state index in [1.807, 2.05) is 6.07 Å². The van der Waals surface area contributed by atoms with Gasteiger partial charge in [-0.15, -0.1) is 0 Å². The molecule has 0 radical (unpaired) electrons. The number of benzene rings is 2. The number of hydrogen-bond donors (Lipinski definition) is 1. The van der Waals surface area contributed by atoms with Gasteiger partial charge in [-0.1, -0.05) is 64.6 Å². The molecule has 0 aliphatic heterocycles. The Morgan fingerprint density at radius 1 is 0.895 bits per heavy atom. The zero-order valence-electron chi connectivity index (χ0n) is 9.71. The van der Waals surface area contributed by atoms with Crippen LogP contribution in [0, 0.1) is 0 Å². The van der Waals surface area contributed by atoms with E-state index in [4.69, 9.17) is 46.4 Å². The fourth-order valence-corrected chi connectivity index (χ4v) is 2.46. The first-order valence-corrected chi connectivity index (χ1v) is 7.06. The summed E-state index contributed by atoms with van der Waals surface area (Å²) in [6.45, 7) is 0. The standard InChI is InChI=1S/C14H10Cl4O/c15-10-5-4-8(6-12(10)17)13(19)7-9-2-1-3-11(16)14(9)18/h1-6,13,19H,7H2. The van der Waals surface area contributed by atoms with Gasteiger partial charge < -0.3 is 5.11 Å². The molecule has 5 heteroatoms. The van der Waals surface area contributed by atoms with Gasteiger partial charge in [-0.3, -0.25) is 0 Å². The highest BCUT2D eigenvalue weighted by Crippen LogP contribution is 2.31. The average Bonchev–Trinajstić information content (AvgIpc) is 2.38. The molecule has 0 bridgehead atoms. The lowest BCUT2D eigenvalue weighted by Gasteiger charge is -2.13. The summed E-state index contributed by atoms with van der Waals surface area (Å²) in [7, 11) is 0. The van der Waals surface area contributed by atoms with Crippen LogP contribution in [0.4, 0.5) is 0 Å². The van der Waals surface area contributed by atoms with Crippen molar-refractivity contribution in [3.05, 3.63) is 67.6 Å². The Bertz CT molecular complexity index is 598. The number of aliphatic hydroxyl groups is 1. The number of rotatable bonds is 3. The molecule has 0 aliphatic carbocycles. The molecule has 0 aliphatic rings. The monoisotopic (exact) mass is 334 g/mol. The highest BCUT2D eigenvalue weighted by atomic mass is 35.5. The van der Waals surface area contributed by atoms with E-state index in [2.05, 4.69) is 0 Å². The summed E-state index contributed by atoms with van der Waals surface area (Å²) in [5.41, 5.74) is 1.47. The second-order valence-corrected chi connectivity index (χ2v) is 5.71. The van der Waals surface area contributed by atoms with Gasteiger partial charge in [0.25, 0.3) is 0 Å². The Hall–Kier alpha value is -0.440. The van der Waals surface area contributed by atoms with Crippen LogP contribution in [0.5, 0.6) is 0 Å². The van der Waals surface area contributed by atoms with E-state index in [1.165, 1.54) is 0 Å². The van der Waals surface area contributed by atoms with Crippen LogP contribution in [0.1, 0.15) is 17.2 Å². The van der Waals surface area contributed by atoms with Gasteiger partial charge in [0.05, 0.1) is 26.2 Å². The molecule has 0 aromatic heterocycles. The molecule has 1 nitrogen and oxygen atoms in total. The molecule has 0 saturated carbocycles. The summed E-state index contributed by atoms with van der Waals surface area (Å²) in [5.74, 6) is 0. The van der Waals surface area contributed by atoms with Crippen molar-refractivity contribution in [2.45, 2.75) is 12.5 Å². The minimum absolute atomic E-state index is 0.358. The Morgan fingerprint density at radius 2 is 1.63 bits per heavy atom. The largest absolute Gasteiger partial charge is 0.388 e. The molecule has 1 unspecified atom stereocenters. The van der Waals surface area contributed by atoms with Crippen LogP contribution < -0.4 is 0 Å². The predicted molar refractivity (Wildman–Crippen MR) is 81.6 cm³/mol. The lowest BCUT2D eigenvalue weighted by Crippen LogP contribution is -2.02. The summed E-state index contributed by atoms with van der Waals surface area (Å²) < 4.78 is 0. The molecule has 0 saturated heterocycles. The van der Waals surface area contributed by atoms with Crippen molar-refractivity contribution >= 4 is 46.4 Å². The van der Waals surface area contributed by atoms with E-state index in [0.29, 0.717) is 32.1 Å². The van der Waals surface area contributed by atoms with Crippen LogP contribution >= 0.6 is 46.4 Å². The molecule has 19 heavy (non-hydrogen) atoms. The highest BCUT2D eigenvalue weighted by molar-refractivity contribution is 6.42. The summed E-state index contributed by atoms with van der Waals surface area (Å²) in [4.78, 5) is 0. The predicted octanol–water partition coefficient (Wildman–Crippen LogP) is 5.58. The Labute approximate surface area is 131 Å². The summed E-state index contributed by atoms with van der Waals surface area (Å²) in [5, 5.41) is 12.0. The van der Waals surface area contributed by atoms with E-state index in [-0.39, 0.29) is 0 Å². The van der Waals surface area contributed by atoms with E-state index in [9.17, 15) is 5.11 Å². The molecule has 2 aromatic rings. The van der Waals surface area contributed by atoms with Gasteiger partial charge in [0, 0.05) is 6.42 Å². The molecule has 100 valence electrons. The van der Waals surface area contributed by atoms with Gasteiger partial charge in [-0.25, -0.2) is 0 Å². The van der Waals surface area contributed by atoms with Gasteiger partial charge in [0.1, 0.15) is 0 Å². The van der Waals surface area contributed by atoms with Crippen molar-refractivity contribution in [2.75, 3.05) is 0 Å². The maximum Gasteiger partial charge on any atom is 0.0831 e. The summed E-state index contributed by atoms with van der Waals surface area (Å²) in [6, 6.07) is 10.4. The quantitative estimate of drug-likeness (QED) is 0.776. The lowest BCUT2D eigenvalue weighted by atomic mass is 10.0. The summed E-state index contributed by atoms with van der Waals surface area (Å²) >= 11 is 23.8. The van der Waals surface area contributed by atoms with Crippen LogP contribution in [0.3, 0.4) is 0 Å². The minimum atomic E-state index is -0.717. The fourth-order valence-electron chi connectivity index (χ4n) is 1.75. The molecule has 2 aromatic carbocycles. The van der Waals surface area contributed by atoms with E-state index >= 15 is 0 Å². The van der Waals surface area contributed by atoms with Gasteiger partial charge >= 0.3 is 0 Å². The normalized spacial score (nSPS) is 12.5. The fraction of sp³-hybridized carbons (Fsp3) is 0.143. The number of hydrogen-bond acceptors (Lipinski definition) is 1. The van der Waals surface area contributed by atoms with Crippen LogP contribution in [0.15, 0.2) is 36.4 Å².